The lowest BCUT2D eigenvalue weighted by molar-refractivity contribution is 0.0405. The SMILES string of the molecule is CC(C)(C)[C@H](O)[C@H](N)c1cc2ccccc2c2ccccc12. The Bertz CT molecular complexity index is 817. The molecule has 0 fully saturated rings. The summed E-state index contributed by atoms with van der Waals surface area (Å²) in [5, 5.41) is 15.3. The number of aliphatic hydroxyl groups is 1. The maximum atomic E-state index is 10.6. The molecule has 0 unspecified atom stereocenters. The molecule has 0 radical (unpaired) electrons. The zero-order chi connectivity index (χ0) is 15.9. The Labute approximate surface area is 131 Å². The van der Waals surface area contributed by atoms with Gasteiger partial charge in [-0.05, 0) is 38.6 Å². The van der Waals surface area contributed by atoms with Crippen molar-refractivity contribution in [2.75, 3.05) is 0 Å². The average Bonchev–Trinajstić information content (AvgIpc) is 2.52. The Morgan fingerprint density at radius 3 is 2.05 bits per heavy atom. The van der Waals surface area contributed by atoms with Gasteiger partial charge in [-0.2, -0.15) is 0 Å². The Morgan fingerprint density at radius 1 is 0.864 bits per heavy atom. The molecule has 2 heteroatoms. The zero-order valence-electron chi connectivity index (χ0n) is 13.4. The molecule has 0 aliphatic carbocycles. The van der Waals surface area contributed by atoms with Crippen LogP contribution in [-0.4, -0.2) is 11.2 Å². The van der Waals surface area contributed by atoms with E-state index in [1.165, 1.54) is 10.8 Å². The smallest absolute Gasteiger partial charge is 0.0781 e. The Kier molecular flexibility index (Phi) is 3.67. The monoisotopic (exact) mass is 293 g/mol. The number of benzene rings is 3. The van der Waals surface area contributed by atoms with E-state index >= 15 is 0 Å². The minimum atomic E-state index is -0.600. The second kappa shape index (κ2) is 5.38. The van der Waals surface area contributed by atoms with Crippen LogP contribution >= 0.6 is 0 Å². The van der Waals surface area contributed by atoms with Crippen molar-refractivity contribution in [2.45, 2.75) is 32.9 Å². The highest BCUT2D eigenvalue weighted by atomic mass is 16.3. The molecular formula is C20H23NO. The van der Waals surface area contributed by atoms with Gasteiger partial charge in [0.05, 0.1) is 12.1 Å². The highest BCUT2D eigenvalue weighted by molar-refractivity contribution is 6.09. The lowest BCUT2D eigenvalue weighted by Crippen LogP contribution is -2.37. The number of nitrogens with two attached hydrogens (primary N) is 1. The summed E-state index contributed by atoms with van der Waals surface area (Å²) in [6.45, 7) is 6.04. The van der Waals surface area contributed by atoms with E-state index in [1.807, 2.05) is 39.0 Å². The summed E-state index contributed by atoms with van der Waals surface area (Å²) in [7, 11) is 0. The molecule has 2 nitrogen and oxygen atoms in total. The van der Waals surface area contributed by atoms with Crippen molar-refractivity contribution in [1.82, 2.24) is 0 Å². The molecule has 0 bridgehead atoms. The predicted octanol–water partition coefficient (Wildman–Crippen LogP) is 4.40. The van der Waals surface area contributed by atoms with Crippen LogP contribution in [-0.2, 0) is 0 Å². The Hall–Kier alpha value is -1.90. The number of aliphatic hydroxyl groups excluding tert-OH is 1. The van der Waals surface area contributed by atoms with Crippen LogP contribution < -0.4 is 5.73 Å². The van der Waals surface area contributed by atoms with Crippen LogP contribution in [0.15, 0.2) is 54.6 Å². The molecule has 2 atom stereocenters. The molecule has 3 N–H and O–H groups in total. The van der Waals surface area contributed by atoms with Crippen molar-refractivity contribution < 1.29 is 5.11 Å². The molecule has 0 aliphatic heterocycles. The minimum absolute atomic E-state index is 0.258. The van der Waals surface area contributed by atoms with Crippen LogP contribution in [0.4, 0.5) is 0 Å². The van der Waals surface area contributed by atoms with E-state index in [4.69, 9.17) is 5.73 Å². The normalized spacial score (nSPS) is 15.1. The van der Waals surface area contributed by atoms with Crippen LogP contribution in [0.25, 0.3) is 21.5 Å². The predicted molar refractivity (Wildman–Crippen MR) is 93.8 cm³/mol. The van der Waals surface area contributed by atoms with Crippen LogP contribution in [0.3, 0.4) is 0 Å². The van der Waals surface area contributed by atoms with Gasteiger partial charge in [-0.3, -0.25) is 0 Å². The highest BCUT2D eigenvalue weighted by Gasteiger charge is 2.30. The number of hydrogen-bond acceptors (Lipinski definition) is 2. The van der Waals surface area contributed by atoms with Gasteiger partial charge in [0.2, 0.25) is 0 Å². The first kappa shape index (κ1) is 15.0. The molecule has 0 spiro atoms. The standard InChI is InChI=1S/C20H23NO/c1-20(2,3)19(22)18(21)17-12-13-8-4-5-9-14(13)15-10-6-7-11-16(15)17/h4-12,18-19,22H,21H2,1-3H3/t18-,19-/m1/s1. The fraction of sp³-hybridized carbons (Fsp3) is 0.300. The third kappa shape index (κ3) is 2.49. The highest BCUT2D eigenvalue weighted by Crippen LogP contribution is 2.35. The second-order valence-corrected chi connectivity index (χ2v) is 7.07. The summed E-state index contributed by atoms with van der Waals surface area (Å²) < 4.78 is 0. The van der Waals surface area contributed by atoms with Crippen molar-refractivity contribution in [1.29, 1.82) is 0 Å². The van der Waals surface area contributed by atoms with Gasteiger partial charge in [0, 0.05) is 0 Å². The van der Waals surface area contributed by atoms with Crippen LogP contribution in [0.1, 0.15) is 32.4 Å². The fourth-order valence-corrected chi connectivity index (χ4v) is 3.07. The summed E-state index contributed by atoms with van der Waals surface area (Å²) in [5.41, 5.74) is 7.18. The molecule has 3 rings (SSSR count). The summed E-state index contributed by atoms with van der Waals surface area (Å²) in [4.78, 5) is 0. The maximum Gasteiger partial charge on any atom is 0.0781 e. The summed E-state index contributed by atoms with van der Waals surface area (Å²) in [6.07, 6.45) is -0.600. The summed E-state index contributed by atoms with van der Waals surface area (Å²) >= 11 is 0. The van der Waals surface area contributed by atoms with Gasteiger partial charge in [0.15, 0.2) is 0 Å². The molecule has 3 aromatic carbocycles. The first-order chi connectivity index (χ1) is 10.4. The third-order valence-electron chi connectivity index (χ3n) is 4.39. The van der Waals surface area contributed by atoms with Crippen LogP contribution in [0.5, 0.6) is 0 Å². The number of fused-ring (bicyclic) bond motifs is 3. The molecule has 0 heterocycles. The molecule has 0 aromatic heterocycles. The van der Waals surface area contributed by atoms with Gasteiger partial charge >= 0.3 is 0 Å². The maximum absolute atomic E-state index is 10.6. The molecular weight excluding hydrogens is 270 g/mol. The molecule has 0 saturated carbocycles. The second-order valence-electron chi connectivity index (χ2n) is 7.07. The van der Waals surface area contributed by atoms with Crippen molar-refractivity contribution in [3.8, 4) is 0 Å². The van der Waals surface area contributed by atoms with E-state index in [0.29, 0.717) is 0 Å². The lowest BCUT2D eigenvalue weighted by atomic mass is 9.81. The van der Waals surface area contributed by atoms with E-state index in [0.717, 1.165) is 16.3 Å². The summed E-state index contributed by atoms with van der Waals surface area (Å²) in [6, 6.07) is 18.3. The first-order valence-corrected chi connectivity index (χ1v) is 7.73. The van der Waals surface area contributed by atoms with E-state index in [1.54, 1.807) is 0 Å². The van der Waals surface area contributed by atoms with E-state index in [-0.39, 0.29) is 5.41 Å². The van der Waals surface area contributed by atoms with Gasteiger partial charge in [0.25, 0.3) is 0 Å². The topological polar surface area (TPSA) is 46.2 Å². The molecule has 0 aliphatic rings. The molecule has 3 aromatic rings. The molecule has 0 saturated heterocycles. The average molecular weight is 293 g/mol. The van der Waals surface area contributed by atoms with E-state index in [9.17, 15) is 5.11 Å². The van der Waals surface area contributed by atoms with Crippen LogP contribution in [0, 0.1) is 5.41 Å². The van der Waals surface area contributed by atoms with Crippen molar-refractivity contribution in [3.63, 3.8) is 0 Å². The van der Waals surface area contributed by atoms with Gasteiger partial charge in [-0.15, -0.1) is 0 Å². The van der Waals surface area contributed by atoms with Gasteiger partial charge in [0.1, 0.15) is 0 Å². The molecule has 114 valence electrons. The first-order valence-electron chi connectivity index (χ1n) is 7.73. The van der Waals surface area contributed by atoms with Crippen molar-refractivity contribution in [3.05, 3.63) is 60.2 Å². The Morgan fingerprint density at radius 2 is 1.41 bits per heavy atom. The van der Waals surface area contributed by atoms with Gasteiger partial charge in [-0.25, -0.2) is 0 Å². The van der Waals surface area contributed by atoms with Crippen molar-refractivity contribution in [2.24, 2.45) is 11.1 Å². The minimum Gasteiger partial charge on any atom is -0.391 e. The van der Waals surface area contributed by atoms with E-state index in [2.05, 4.69) is 36.4 Å². The van der Waals surface area contributed by atoms with Gasteiger partial charge in [-0.1, -0.05) is 69.3 Å². The largest absolute Gasteiger partial charge is 0.391 e. The zero-order valence-corrected chi connectivity index (χ0v) is 13.4. The quantitative estimate of drug-likeness (QED) is 0.688. The Balaban J connectivity index is 2.28. The molecule has 22 heavy (non-hydrogen) atoms. The third-order valence-corrected chi connectivity index (χ3v) is 4.39. The van der Waals surface area contributed by atoms with Gasteiger partial charge < -0.3 is 10.8 Å². The lowest BCUT2D eigenvalue weighted by Gasteiger charge is -2.31. The van der Waals surface area contributed by atoms with E-state index < -0.39 is 12.1 Å². The fourth-order valence-electron chi connectivity index (χ4n) is 3.07. The molecule has 0 amide bonds. The van der Waals surface area contributed by atoms with Crippen molar-refractivity contribution >= 4 is 21.5 Å². The summed E-state index contributed by atoms with van der Waals surface area (Å²) in [5.74, 6) is 0. The van der Waals surface area contributed by atoms with Crippen LogP contribution in [0.2, 0.25) is 0 Å². The number of rotatable bonds is 2. The number of hydrogen-bond donors (Lipinski definition) is 2.